The zero-order chi connectivity index (χ0) is 13.2. The van der Waals surface area contributed by atoms with Gasteiger partial charge in [0.25, 0.3) is 0 Å². The van der Waals surface area contributed by atoms with E-state index in [0.29, 0.717) is 0 Å². The summed E-state index contributed by atoms with van der Waals surface area (Å²) in [7, 11) is 0. The molecule has 0 aromatic heterocycles. The Morgan fingerprint density at radius 2 is 1.37 bits per heavy atom. The van der Waals surface area contributed by atoms with Crippen molar-refractivity contribution < 1.29 is 4.39 Å². The van der Waals surface area contributed by atoms with Crippen LogP contribution in [0.5, 0.6) is 0 Å². The predicted octanol–water partition coefficient (Wildman–Crippen LogP) is 4.03. The Morgan fingerprint density at radius 1 is 0.737 bits per heavy atom. The van der Waals surface area contributed by atoms with E-state index in [1.54, 1.807) is 12.1 Å². The summed E-state index contributed by atoms with van der Waals surface area (Å²) >= 11 is 0. The smallest absolute Gasteiger partial charge is 0.123 e. The van der Waals surface area contributed by atoms with Crippen LogP contribution in [0.2, 0.25) is 0 Å². The number of rotatable bonds is 2. The summed E-state index contributed by atoms with van der Waals surface area (Å²) < 4.78 is 12.9. The monoisotopic (exact) mass is 251 g/mol. The molecule has 0 bridgehead atoms. The standard InChI is InChI=1S/C17H14FN/c18-16-9-7-13(8-10-16)17(19)15-6-5-12-3-1-2-4-14(12)11-15/h1-11,17H,19H2. The van der Waals surface area contributed by atoms with E-state index in [0.717, 1.165) is 16.5 Å². The number of halogens is 1. The average molecular weight is 251 g/mol. The van der Waals surface area contributed by atoms with Gasteiger partial charge in [-0.05, 0) is 40.1 Å². The molecule has 1 nitrogen and oxygen atoms in total. The molecule has 0 aliphatic carbocycles. The summed E-state index contributed by atoms with van der Waals surface area (Å²) in [4.78, 5) is 0. The highest BCUT2D eigenvalue weighted by molar-refractivity contribution is 5.83. The quantitative estimate of drug-likeness (QED) is 0.731. The molecular formula is C17H14FN. The topological polar surface area (TPSA) is 26.0 Å². The van der Waals surface area contributed by atoms with Crippen LogP contribution >= 0.6 is 0 Å². The van der Waals surface area contributed by atoms with E-state index >= 15 is 0 Å². The first kappa shape index (κ1) is 11.9. The van der Waals surface area contributed by atoms with Gasteiger partial charge in [-0.15, -0.1) is 0 Å². The van der Waals surface area contributed by atoms with Crippen LogP contribution in [0, 0.1) is 5.82 Å². The van der Waals surface area contributed by atoms with Crippen LogP contribution in [0.3, 0.4) is 0 Å². The number of fused-ring (bicyclic) bond motifs is 1. The Balaban J connectivity index is 2.01. The number of benzene rings is 3. The highest BCUT2D eigenvalue weighted by Gasteiger charge is 2.09. The molecule has 2 N–H and O–H groups in total. The zero-order valence-electron chi connectivity index (χ0n) is 10.4. The van der Waals surface area contributed by atoms with Gasteiger partial charge in [-0.25, -0.2) is 4.39 Å². The highest BCUT2D eigenvalue weighted by Crippen LogP contribution is 2.23. The molecule has 0 amide bonds. The van der Waals surface area contributed by atoms with Crippen molar-refractivity contribution in [3.05, 3.63) is 83.7 Å². The molecular weight excluding hydrogens is 237 g/mol. The minimum absolute atomic E-state index is 0.231. The van der Waals surface area contributed by atoms with Gasteiger partial charge in [-0.3, -0.25) is 0 Å². The van der Waals surface area contributed by atoms with E-state index < -0.39 is 0 Å². The summed E-state index contributed by atoms with van der Waals surface area (Å²) in [5.74, 6) is -0.241. The molecule has 3 aromatic rings. The van der Waals surface area contributed by atoms with Crippen LogP contribution in [0.15, 0.2) is 66.7 Å². The largest absolute Gasteiger partial charge is 0.320 e. The Morgan fingerprint density at radius 3 is 2.11 bits per heavy atom. The molecule has 0 saturated heterocycles. The van der Waals surface area contributed by atoms with Crippen molar-refractivity contribution in [2.75, 3.05) is 0 Å². The third kappa shape index (κ3) is 2.35. The van der Waals surface area contributed by atoms with Crippen LogP contribution in [0.25, 0.3) is 10.8 Å². The Kier molecular flexibility index (Phi) is 3.02. The fourth-order valence-electron chi connectivity index (χ4n) is 2.26. The van der Waals surface area contributed by atoms with Crippen molar-refractivity contribution in [2.45, 2.75) is 6.04 Å². The molecule has 3 aromatic carbocycles. The lowest BCUT2D eigenvalue weighted by Gasteiger charge is -2.13. The molecule has 2 heteroatoms. The van der Waals surface area contributed by atoms with E-state index in [-0.39, 0.29) is 11.9 Å². The van der Waals surface area contributed by atoms with Crippen molar-refractivity contribution >= 4 is 10.8 Å². The number of hydrogen-bond donors (Lipinski definition) is 1. The molecule has 3 rings (SSSR count). The molecule has 94 valence electrons. The van der Waals surface area contributed by atoms with Crippen molar-refractivity contribution in [3.63, 3.8) is 0 Å². The van der Waals surface area contributed by atoms with E-state index in [2.05, 4.69) is 24.3 Å². The normalized spacial score (nSPS) is 12.5. The van der Waals surface area contributed by atoms with Crippen LogP contribution in [-0.2, 0) is 0 Å². The van der Waals surface area contributed by atoms with Gasteiger partial charge in [0, 0.05) is 0 Å². The van der Waals surface area contributed by atoms with Crippen LogP contribution in [-0.4, -0.2) is 0 Å². The summed E-state index contributed by atoms with van der Waals surface area (Å²) in [5, 5.41) is 2.36. The van der Waals surface area contributed by atoms with Crippen molar-refractivity contribution in [1.29, 1.82) is 0 Å². The Labute approximate surface area is 111 Å². The van der Waals surface area contributed by atoms with Crippen LogP contribution in [0.4, 0.5) is 4.39 Å². The lowest BCUT2D eigenvalue weighted by Crippen LogP contribution is -2.11. The zero-order valence-corrected chi connectivity index (χ0v) is 10.4. The summed E-state index contributed by atoms with van der Waals surface area (Å²) in [6.07, 6.45) is 0. The van der Waals surface area contributed by atoms with Gasteiger partial charge < -0.3 is 5.73 Å². The lowest BCUT2D eigenvalue weighted by molar-refractivity contribution is 0.626. The Bertz CT molecular complexity index is 704. The van der Waals surface area contributed by atoms with Gasteiger partial charge in [0.2, 0.25) is 0 Å². The maximum absolute atomic E-state index is 12.9. The van der Waals surface area contributed by atoms with Crippen LogP contribution < -0.4 is 5.73 Å². The van der Waals surface area contributed by atoms with Crippen molar-refractivity contribution in [1.82, 2.24) is 0 Å². The first-order valence-electron chi connectivity index (χ1n) is 6.24. The van der Waals surface area contributed by atoms with Crippen LogP contribution in [0.1, 0.15) is 17.2 Å². The molecule has 0 aliphatic heterocycles. The minimum atomic E-state index is -0.241. The average Bonchev–Trinajstić information content (AvgIpc) is 2.47. The fraction of sp³-hybridized carbons (Fsp3) is 0.0588. The summed E-state index contributed by atoms with van der Waals surface area (Å²) in [6, 6.07) is 20.5. The first-order chi connectivity index (χ1) is 9.24. The van der Waals surface area contributed by atoms with Gasteiger partial charge in [-0.2, -0.15) is 0 Å². The highest BCUT2D eigenvalue weighted by atomic mass is 19.1. The van der Waals surface area contributed by atoms with Crippen molar-refractivity contribution in [2.24, 2.45) is 5.73 Å². The van der Waals surface area contributed by atoms with Gasteiger partial charge in [0.15, 0.2) is 0 Å². The van der Waals surface area contributed by atoms with Gasteiger partial charge >= 0.3 is 0 Å². The third-order valence-corrected chi connectivity index (χ3v) is 3.36. The number of hydrogen-bond acceptors (Lipinski definition) is 1. The van der Waals surface area contributed by atoms with Crippen molar-refractivity contribution in [3.8, 4) is 0 Å². The van der Waals surface area contributed by atoms with E-state index in [4.69, 9.17) is 5.73 Å². The third-order valence-electron chi connectivity index (χ3n) is 3.36. The van der Waals surface area contributed by atoms with E-state index in [1.165, 1.54) is 17.5 Å². The summed E-state index contributed by atoms with van der Waals surface area (Å²) in [5.41, 5.74) is 8.18. The molecule has 0 radical (unpaired) electrons. The molecule has 0 fully saturated rings. The molecule has 0 spiro atoms. The molecule has 0 heterocycles. The van der Waals surface area contributed by atoms with Gasteiger partial charge in [0.1, 0.15) is 5.82 Å². The summed E-state index contributed by atoms with van der Waals surface area (Å²) in [6.45, 7) is 0. The minimum Gasteiger partial charge on any atom is -0.320 e. The number of nitrogens with two attached hydrogens (primary N) is 1. The molecule has 1 unspecified atom stereocenters. The second-order valence-corrected chi connectivity index (χ2v) is 4.64. The fourth-order valence-corrected chi connectivity index (χ4v) is 2.26. The molecule has 1 atom stereocenters. The maximum Gasteiger partial charge on any atom is 0.123 e. The molecule has 0 saturated carbocycles. The van der Waals surface area contributed by atoms with E-state index in [1.807, 2.05) is 18.2 Å². The second kappa shape index (κ2) is 4.82. The molecule has 19 heavy (non-hydrogen) atoms. The molecule has 0 aliphatic rings. The SMILES string of the molecule is NC(c1ccc(F)cc1)c1ccc2ccccc2c1. The van der Waals surface area contributed by atoms with Gasteiger partial charge in [0.05, 0.1) is 6.04 Å². The predicted molar refractivity (Wildman–Crippen MR) is 76.4 cm³/mol. The maximum atomic E-state index is 12.9. The lowest BCUT2D eigenvalue weighted by atomic mass is 9.97. The van der Waals surface area contributed by atoms with E-state index in [9.17, 15) is 4.39 Å². The Hall–Kier alpha value is -2.19. The van der Waals surface area contributed by atoms with Gasteiger partial charge in [-0.1, -0.05) is 48.5 Å². The second-order valence-electron chi connectivity index (χ2n) is 4.64. The first-order valence-corrected chi connectivity index (χ1v) is 6.24.